The van der Waals surface area contributed by atoms with Crippen molar-refractivity contribution in [2.75, 3.05) is 18.5 Å². The van der Waals surface area contributed by atoms with Crippen LogP contribution in [0.25, 0.3) is 22.0 Å². The fourth-order valence-corrected chi connectivity index (χ4v) is 4.57. The molecule has 4 heteroatoms. The topological polar surface area (TPSA) is 48.6 Å². The minimum atomic E-state index is -0.500. The first kappa shape index (κ1) is 23.9. The first-order chi connectivity index (χ1) is 14.9. The van der Waals surface area contributed by atoms with E-state index in [2.05, 4.69) is 74.2 Å². The predicted octanol–water partition coefficient (Wildman–Crippen LogP) is 6.33. The van der Waals surface area contributed by atoms with E-state index in [1.807, 2.05) is 0 Å². The van der Waals surface area contributed by atoms with E-state index in [-0.39, 0.29) is 5.76 Å². The average molecular weight is 435 g/mol. The molecule has 32 heavy (non-hydrogen) atoms. The van der Waals surface area contributed by atoms with Gasteiger partial charge in [-0.2, -0.15) is 0 Å². The maximum Gasteiger partial charge on any atom is 0.0895 e. The number of rotatable bonds is 4. The summed E-state index contributed by atoms with van der Waals surface area (Å²) in [6, 6.07) is 11.2. The molecule has 0 fully saturated rings. The molecular weight excluding hydrogens is 396 g/mol. The standard InChI is InChI=1S/C24H28N2O.C4H10O/c1-6-18-7-9-19(10-8-18)22-20(14-16(3)27)17(4)23-24-21(22)13-15(2)26(24)12-11-25(23)5;1-4(2,3)5/h7-10,13,27H,3,6,11-12,14H2,1-2,4-5H3;5H,1-3H3. The number of allylic oxidation sites excluding steroid dienone is 1. The zero-order valence-electron chi connectivity index (χ0n) is 20.7. The molecule has 172 valence electrons. The van der Waals surface area contributed by atoms with Crippen molar-refractivity contribution in [2.45, 2.75) is 66.5 Å². The Morgan fingerprint density at radius 1 is 1.09 bits per heavy atom. The fraction of sp³-hybridized carbons (Fsp3) is 0.429. The van der Waals surface area contributed by atoms with Crippen LogP contribution in [0, 0.1) is 13.8 Å². The van der Waals surface area contributed by atoms with Crippen LogP contribution in [-0.4, -0.2) is 34.0 Å². The van der Waals surface area contributed by atoms with Gasteiger partial charge in [0.25, 0.3) is 0 Å². The van der Waals surface area contributed by atoms with Crippen LogP contribution >= 0.6 is 0 Å². The van der Waals surface area contributed by atoms with Gasteiger partial charge in [0, 0.05) is 37.6 Å². The first-order valence-corrected chi connectivity index (χ1v) is 11.5. The Morgan fingerprint density at radius 3 is 2.22 bits per heavy atom. The molecule has 0 bridgehead atoms. The molecule has 2 heterocycles. The molecule has 0 saturated heterocycles. The van der Waals surface area contributed by atoms with Gasteiger partial charge in [0.15, 0.2) is 0 Å². The van der Waals surface area contributed by atoms with Crippen LogP contribution in [0.1, 0.15) is 50.1 Å². The van der Waals surface area contributed by atoms with Gasteiger partial charge in [-0.3, -0.25) is 0 Å². The molecule has 4 rings (SSSR count). The van der Waals surface area contributed by atoms with Crippen LogP contribution in [0.5, 0.6) is 0 Å². The van der Waals surface area contributed by atoms with E-state index in [4.69, 9.17) is 5.11 Å². The third kappa shape index (κ3) is 4.86. The van der Waals surface area contributed by atoms with Crippen LogP contribution in [-0.2, 0) is 19.4 Å². The number of aliphatic hydroxyl groups is 2. The first-order valence-electron chi connectivity index (χ1n) is 11.5. The molecule has 0 spiro atoms. The molecule has 0 aliphatic carbocycles. The van der Waals surface area contributed by atoms with Crippen molar-refractivity contribution in [2.24, 2.45) is 0 Å². The third-order valence-corrected chi connectivity index (χ3v) is 5.98. The lowest BCUT2D eigenvalue weighted by Crippen LogP contribution is -2.29. The van der Waals surface area contributed by atoms with Gasteiger partial charge in [-0.1, -0.05) is 37.8 Å². The molecule has 1 aliphatic heterocycles. The van der Waals surface area contributed by atoms with Crippen LogP contribution in [0.15, 0.2) is 42.7 Å². The predicted molar refractivity (Wildman–Crippen MR) is 137 cm³/mol. The summed E-state index contributed by atoms with van der Waals surface area (Å²) in [5.41, 5.74) is 9.62. The molecule has 0 atom stereocenters. The minimum Gasteiger partial charge on any atom is -0.513 e. The largest absolute Gasteiger partial charge is 0.513 e. The lowest BCUT2D eigenvalue weighted by molar-refractivity contribution is 0.102. The Hall–Kier alpha value is -2.72. The van der Waals surface area contributed by atoms with E-state index >= 15 is 0 Å². The van der Waals surface area contributed by atoms with Crippen molar-refractivity contribution in [3.63, 3.8) is 0 Å². The van der Waals surface area contributed by atoms with E-state index in [9.17, 15) is 5.11 Å². The highest BCUT2D eigenvalue weighted by molar-refractivity contribution is 6.06. The molecule has 0 radical (unpaired) electrons. The number of aromatic nitrogens is 1. The second kappa shape index (κ2) is 9.03. The van der Waals surface area contributed by atoms with Gasteiger partial charge in [0.1, 0.15) is 0 Å². The summed E-state index contributed by atoms with van der Waals surface area (Å²) in [5.74, 6) is 0.214. The maximum atomic E-state index is 10.0. The molecule has 3 aromatic rings. The smallest absolute Gasteiger partial charge is 0.0895 e. The zero-order valence-corrected chi connectivity index (χ0v) is 20.7. The van der Waals surface area contributed by atoms with E-state index < -0.39 is 5.60 Å². The second-order valence-electron chi connectivity index (χ2n) is 9.91. The average Bonchev–Trinajstić information content (AvgIpc) is 3.02. The molecule has 0 amide bonds. The maximum absolute atomic E-state index is 10.0. The summed E-state index contributed by atoms with van der Waals surface area (Å²) in [4.78, 5) is 2.35. The van der Waals surface area contributed by atoms with Gasteiger partial charge in [-0.15, -0.1) is 0 Å². The van der Waals surface area contributed by atoms with Crippen molar-refractivity contribution >= 4 is 16.6 Å². The van der Waals surface area contributed by atoms with Crippen LogP contribution in [0.2, 0.25) is 0 Å². The van der Waals surface area contributed by atoms with E-state index in [0.29, 0.717) is 6.42 Å². The van der Waals surface area contributed by atoms with Gasteiger partial charge in [-0.05, 0) is 74.9 Å². The summed E-state index contributed by atoms with van der Waals surface area (Å²) in [5, 5.41) is 19.8. The molecular formula is C28H38N2O2. The number of hydrogen-bond donors (Lipinski definition) is 2. The monoisotopic (exact) mass is 434 g/mol. The van der Waals surface area contributed by atoms with Crippen molar-refractivity contribution in [3.05, 3.63) is 65.1 Å². The van der Waals surface area contributed by atoms with Gasteiger partial charge in [-0.25, -0.2) is 0 Å². The van der Waals surface area contributed by atoms with Gasteiger partial charge in [0.2, 0.25) is 0 Å². The Bertz CT molecular complexity index is 1130. The van der Waals surface area contributed by atoms with Gasteiger partial charge in [0.05, 0.1) is 22.6 Å². The highest BCUT2D eigenvalue weighted by Crippen LogP contribution is 2.44. The highest BCUT2D eigenvalue weighted by atomic mass is 16.3. The van der Waals surface area contributed by atoms with Crippen molar-refractivity contribution in [1.29, 1.82) is 0 Å². The minimum absolute atomic E-state index is 0.214. The number of likely N-dealkylation sites (N-methyl/N-ethyl adjacent to an activating group) is 1. The Kier molecular flexibility index (Phi) is 6.75. The lowest BCUT2D eigenvalue weighted by Gasteiger charge is -2.31. The van der Waals surface area contributed by atoms with Crippen molar-refractivity contribution in [3.8, 4) is 11.1 Å². The van der Waals surface area contributed by atoms with Crippen molar-refractivity contribution < 1.29 is 10.2 Å². The molecule has 1 aliphatic rings. The Labute approximate surface area is 192 Å². The normalized spacial score (nSPS) is 13.2. The van der Waals surface area contributed by atoms with Crippen molar-refractivity contribution in [1.82, 2.24) is 4.57 Å². The molecule has 4 nitrogen and oxygen atoms in total. The number of aliphatic hydroxyl groups excluding tert-OH is 1. The Balaban J connectivity index is 0.000000523. The molecule has 2 aromatic carbocycles. The second-order valence-corrected chi connectivity index (χ2v) is 9.91. The van der Waals surface area contributed by atoms with Gasteiger partial charge >= 0.3 is 0 Å². The summed E-state index contributed by atoms with van der Waals surface area (Å²) in [7, 11) is 2.17. The Morgan fingerprint density at radius 2 is 1.69 bits per heavy atom. The number of benzene rings is 2. The number of nitrogens with zero attached hydrogens (tertiary/aromatic N) is 2. The van der Waals surface area contributed by atoms with E-state index in [0.717, 1.165) is 19.5 Å². The third-order valence-electron chi connectivity index (χ3n) is 5.98. The zero-order chi connectivity index (χ0) is 23.8. The van der Waals surface area contributed by atoms with Crippen LogP contribution in [0.3, 0.4) is 0 Å². The molecule has 0 unspecified atom stereocenters. The number of anilines is 1. The lowest BCUT2D eigenvalue weighted by atomic mass is 9.88. The van der Waals surface area contributed by atoms with Gasteiger partial charge < -0.3 is 19.7 Å². The number of hydrogen-bond acceptors (Lipinski definition) is 3. The quantitative estimate of drug-likeness (QED) is 0.472. The molecule has 2 N–H and O–H groups in total. The summed E-state index contributed by atoms with van der Waals surface area (Å²) >= 11 is 0. The van der Waals surface area contributed by atoms with Crippen LogP contribution in [0.4, 0.5) is 5.69 Å². The summed E-state index contributed by atoms with van der Waals surface area (Å²) < 4.78 is 2.44. The van der Waals surface area contributed by atoms with E-state index in [1.54, 1.807) is 20.8 Å². The van der Waals surface area contributed by atoms with E-state index in [1.165, 1.54) is 50.1 Å². The highest BCUT2D eigenvalue weighted by Gasteiger charge is 2.26. The summed E-state index contributed by atoms with van der Waals surface area (Å²) in [6.45, 7) is 17.6. The van der Waals surface area contributed by atoms with Crippen LogP contribution < -0.4 is 4.90 Å². The number of aryl methyl sites for hydroxylation is 2. The molecule has 0 saturated carbocycles. The fourth-order valence-electron chi connectivity index (χ4n) is 4.57. The SMILES string of the molecule is C=C(O)Cc1c(C)c2c3c(cc(C)n3CCN2C)c1-c1ccc(CC)cc1.CC(C)(C)O. The summed E-state index contributed by atoms with van der Waals surface area (Å²) in [6.07, 6.45) is 1.52. The molecule has 1 aromatic heterocycles.